The van der Waals surface area contributed by atoms with Gasteiger partial charge in [-0.1, -0.05) is 20.8 Å². The molecule has 0 saturated heterocycles. The molecule has 1 heterocycles. The first-order chi connectivity index (χ1) is 9.19. The SMILES string of the molecule is CC(C)(C)CC(CNC(=O)c1ccc(Br)cn1)C(=O)O. The maximum Gasteiger partial charge on any atom is 0.308 e. The molecule has 110 valence electrons. The number of nitrogens with one attached hydrogen (secondary N) is 1. The van der Waals surface area contributed by atoms with E-state index in [1.807, 2.05) is 20.8 Å². The maximum absolute atomic E-state index is 11.9. The van der Waals surface area contributed by atoms with Gasteiger partial charge in [0.05, 0.1) is 5.92 Å². The third-order valence-electron chi connectivity index (χ3n) is 2.68. The Balaban J connectivity index is 2.61. The van der Waals surface area contributed by atoms with Gasteiger partial charge in [0, 0.05) is 17.2 Å². The number of rotatable bonds is 5. The molecule has 20 heavy (non-hydrogen) atoms. The van der Waals surface area contributed by atoms with Gasteiger partial charge >= 0.3 is 5.97 Å². The standard InChI is InChI=1S/C14H19BrN2O3/c1-14(2,3)6-9(13(19)20)7-17-12(18)11-5-4-10(15)8-16-11/h4-5,8-9H,6-7H2,1-3H3,(H,17,18)(H,19,20). The number of aromatic nitrogens is 1. The van der Waals surface area contributed by atoms with Crippen molar-refractivity contribution in [2.24, 2.45) is 11.3 Å². The number of carbonyl (C=O) groups excluding carboxylic acids is 1. The average molecular weight is 343 g/mol. The van der Waals surface area contributed by atoms with E-state index in [0.717, 1.165) is 4.47 Å². The maximum atomic E-state index is 11.9. The predicted molar refractivity (Wildman–Crippen MR) is 79.5 cm³/mol. The molecule has 1 aromatic rings. The van der Waals surface area contributed by atoms with Crippen molar-refractivity contribution in [2.45, 2.75) is 27.2 Å². The third kappa shape index (κ3) is 5.69. The summed E-state index contributed by atoms with van der Waals surface area (Å²) in [6.07, 6.45) is 2.02. The summed E-state index contributed by atoms with van der Waals surface area (Å²) in [6.45, 7) is 6.02. The van der Waals surface area contributed by atoms with Crippen molar-refractivity contribution in [3.63, 3.8) is 0 Å². The Labute approximate surface area is 126 Å². The summed E-state index contributed by atoms with van der Waals surface area (Å²) in [4.78, 5) is 27.0. The molecule has 1 aromatic heterocycles. The van der Waals surface area contributed by atoms with Crippen molar-refractivity contribution in [2.75, 3.05) is 6.54 Å². The lowest BCUT2D eigenvalue weighted by molar-refractivity contribution is -0.142. The van der Waals surface area contributed by atoms with Crippen LogP contribution in [0.15, 0.2) is 22.8 Å². The molecular weight excluding hydrogens is 324 g/mol. The van der Waals surface area contributed by atoms with Crippen molar-refractivity contribution < 1.29 is 14.7 Å². The second-order valence-electron chi connectivity index (χ2n) is 5.87. The minimum absolute atomic E-state index is 0.100. The number of carbonyl (C=O) groups is 2. The van der Waals surface area contributed by atoms with Gasteiger partial charge in [-0.15, -0.1) is 0 Å². The molecule has 6 heteroatoms. The highest BCUT2D eigenvalue weighted by Crippen LogP contribution is 2.24. The lowest BCUT2D eigenvalue weighted by Gasteiger charge is -2.23. The van der Waals surface area contributed by atoms with E-state index < -0.39 is 11.9 Å². The van der Waals surface area contributed by atoms with Crippen LogP contribution in [0, 0.1) is 11.3 Å². The van der Waals surface area contributed by atoms with E-state index in [-0.39, 0.29) is 23.6 Å². The van der Waals surface area contributed by atoms with Crippen LogP contribution < -0.4 is 5.32 Å². The van der Waals surface area contributed by atoms with Crippen LogP contribution >= 0.6 is 15.9 Å². The Morgan fingerprint density at radius 1 is 1.40 bits per heavy atom. The molecule has 0 aromatic carbocycles. The first kappa shape index (κ1) is 16.6. The average Bonchev–Trinajstić information content (AvgIpc) is 2.33. The van der Waals surface area contributed by atoms with Crippen molar-refractivity contribution in [3.8, 4) is 0 Å². The Morgan fingerprint density at radius 3 is 2.50 bits per heavy atom. The fraction of sp³-hybridized carbons (Fsp3) is 0.500. The quantitative estimate of drug-likeness (QED) is 0.862. The summed E-state index contributed by atoms with van der Waals surface area (Å²) in [5.74, 6) is -1.86. The van der Waals surface area contributed by atoms with E-state index in [2.05, 4.69) is 26.2 Å². The van der Waals surface area contributed by atoms with Crippen LogP contribution in [0.5, 0.6) is 0 Å². The molecule has 0 radical (unpaired) electrons. The fourth-order valence-electron chi connectivity index (χ4n) is 1.80. The highest BCUT2D eigenvalue weighted by Gasteiger charge is 2.25. The second kappa shape index (κ2) is 6.83. The van der Waals surface area contributed by atoms with Crippen LogP contribution in [0.3, 0.4) is 0 Å². The molecular formula is C14H19BrN2O3. The van der Waals surface area contributed by atoms with Gasteiger partial charge in [0.15, 0.2) is 0 Å². The topological polar surface area (TPSA) is 79.3 Å². The molecule has 0 aliphatic carbocycles. The van der Waals surface area contributed by atoms with Gasteiger partial charge in [-0.2, -0.15) is 0 Å². The Bertz CT molecular complexity index is 480. The normalized spacial score (nSPS) is 12.8. The summed E-state index contributed by atoms with van der Waals surface area (Å²) in [7, 11) is 0. The number of nitrogens with zero attached hydrogens (tertiary/aromatic N) is 1. The van der Waals surface area contributed by atoms with E-state index >= 15 is 0 Å². The third-order valence-corrected chi connectivity index (χ3v) is 3.15. The van der Waals surface area contributed by atoms with Gasteiger partial charge in [0.1, 0.15) is 5.69 Å². The summed E-state index contributed by atoms with van der Waals surface area (Å²) < 4.78 is 0.783. The molecule has 2 N–H and O–H groups in total. The largest absolute Gasteiger partial charge is 0.481 e. The van der Waals surface area contributed by atoms with E-state index in [9.17, 15) is 14.7 Å². The Morgan fingerprint density at radius 2 is 2.05 bits per heavy atom. The van der Waals surface area contributed by atoms with Gasteiger partial charge < -0.3 is 10.4 Å². The summed E-state index contributed by atoms with van der Waals surface area (Å²) in [5.41, 5.74) is 0.164. The molecule has 1 rings (SSSR count). The monoisotopic (exact) mass is 342 g/mol. The number of aliphatic carboxylic acids is 1. The van der Waals surface area contributed by atoms with E-state index in [4.69, 9.17) is 0 Å². The number of carboxylic acid groups (broad SMARTS) is 1. The first-order valence-corrected chi connectivity index (χ1v) is 7.11. The molecule has 5 nitrogen and oxygen atoms in total. The number of halogens is 1. The van der Waals surface area contributed by atoms with Gasteiger partial charge in [0.2, 0.25) is 0 Å². The van der Waals surface area contributed by atoms with Crippen LogP contribution in [0.1, 0.15) is 37.7 Å². The minimum atomic E-state index is -0.899. The smallest absolute Gasteiger partial charge is 0.308 e. The Kier molecular flexibility index (Phi) is 5.68. The summed E-state index contributed by atoms with van der Waals surface area (Å²) in [6, 6.07) is 3.30. The zero-order chi connectivity index (χ0) is 15.3. The van der Waals surface area contributed by atoms with Crippen molar-refractivity contribution in [1.82, 2.24) is 10.3 Å². The Hall–Kier alpha value is -1.43. The molecule has 1 unspecified atom stereocenters. The highest BCUT2D eigenvalue weighted by atomic mass is 79.9. The minimum Gasteiger partial charge on any atom is -0.481 e. The van der Waals surface area contributed by atoms with Crippen LogP contribution in [-0.4, -0.2) is 28.5 Å². The number of pyridine rings is 1. The van der Waals surface area contributed by atoms with E-state index in [1.165, 1.54) is 6.20 Å². The summed E-state index contributed by atoms with van der Waals surface area (Å²) in [5, 5.41) is 11.8. The number of amides is 1. The van der Waals surface area contributed by atoms with Crippen molar-refractivity contribution in [1.29, 1.82) is 0 Å². The highest BCUT2D eigenvalue weighted by molar-refractivity contribution is 9.10. The molecule has 0 spiro atoms. The van der Waals surface area contributed by atoms with Crippen LogP contribution in [0.4, 0.5) is 0 Å². The van der Waals surface area contributed by atoms with Gasteiger partial charge in [0.25, 0.3) is 5.91 Å². The van der Waals surface area contributed by atoms with Gasteiger partial charge in [-0.05, 0) is 39.9 Å². The predicted octanol–water partition coefficient (Wildman–Crippen LogP) is 2.71. The van der Waals surface area contributed by atoms with Gasteiger partial charge in [-0.25, -0.2) is 4.98 Å². The van der Waals surface area contributed by atoms with Crippen LogP contribution in [-0.2, 0) is 4.79 Å². The molecule has 0 aliphatic heterocycles. The molecule has 0 bridgehead atoms. The number of hydrogen-bond donors (Lipinski definition) is 2. The van der Waals surface area contributed by atoms with E-state index in [1.54, 1.807) is 12.1 Å². The molecule has 1 amide bonds. The molecule has 0 saturated carbocycles. The lowest BCUT2D eigenvalue weighted by Crippen LogP contribution is -2.35. The lowest BCUT2D eigenvalue weighted by atomic mass is 9.84. The second-order valence-corrected chi connectivity index (χ2v) is 6.79. The van der Waals surface area contributed by atoms with Crippen molar-refractivity contribution in [3.05, 3.63) is 28.5 Å². The summed E-state index contributed by atoms with van der Waals surface area (Å²) >= 11 is 3.24. The van der Waals surface area contributed by atoms with Gasteiger partial charge in [-0.3, -0.25) is 9.59 Å². The van der Waals surface area contributed by atoms with E-state index in [0.29, 0.717) is 6.42 Å². The molecule has 0 fully saturated rings. The molecule has 1 atom stereocenters. The number of carboxylic acids is 1. The van der Waals surface area contributed by atoms with Crippen molar-refractivity contribution >= 4 is 27.8 Å². The molecule has 0 aliphatic rings. The van der Waals surface area contributed by atoms with Crippen LogP contribution in [0.25, 0.3) is 0 Å². The fourth-order valence-corrected chi connectivity index (χ4v) is 2.04. The zero-order valence-corrected chi connectivity index (χ0v) is 13.4. The van der Waals surface area contributed by atoms with Crippen LogP contribution in [0.2, 0.25) is 0 Å². The zero-order valence-electron chi connectivity index (χ0n) is 11.8. The number of hydrogen-bond acceptors (Lipinski definition) is 3. The first-order valence-electron chi connectivity index (χ1n) is 6.31.